The third kappa shape index (κ3) is 3.37. The van der Waals surface area contributed by atoms with Gasteiger partial charge < -0.3 is 15.4 Å². The van der Waals surface area contributed by atoms with Gasteiger partial charge >= 0.3 is 0 Å². The van der Waals surface area contributed by atoms with Crippen molar-refractivity contribution in [2.75, 3.05) is 18.5 Å². The third-order valence-electron chi connectivity index (χ3n) is 4.31. The van der Waals surface area contributed by atoms with Gasteiger partial charge in [0.1, 0.15) is 5.69 Å². The smallest absolute Gasteiger partial charge is 0.295 e. The average Bonchev–Trinajstić information content (AvgIpc) is 3.17. The predicted octanol–water partition coefficient (Wildman–Crippen LogP) is 1.95. The van der Waals surface area contributed by atoms with Crippen LogP contribution in [0, 0.1) is 6.92 Å². The molecule has 0 radical (unpaired) electrons. The lowest BCUT2D eigenvalue weighted by Gasteiger charge is -2.13. The van der Waals surface area contributed by atoms with E-state index in [0.717, 1.165) is 30.8 Å². The largest absolute Gasteiger partial charge is 0.376 e. The molecule has 0 aliphatic carbocycles. The molecule has 0 spiro atoms. The van der Waals surface area contributed by atoms with Gasteiger partial charge in [0.25, 0.3) is 5.56 Å². The van der Waals surface area contributed by atoms with Gasteiger partial charge in [-0.25, -0.2) is 4.68 Å². The van der Waals surface area contributed by atoms with E-state index in [0.29, 0.717) is 17.3 Å². The normalized spacial score (nSPS) is 17.0. The maximum atomic E-state index is 12.8. The molecular formula is C17H22N4O2S. The third-order valence-corrected chi connectivity index (χ3v) is 4.55. The molecule has 2 heterocycles. The molecule has 1 aromatic heterocycles. The highest BCUT2D eigenvalue weighted by molar-refractivity contribution is 7.80. The number of nitrogens with zero attached hydrogens (tertiary/aromatic N) is 2. The molecule has 1 aliphatic heterocycles. The highest BCUT2D eigenvalue weighted by Gasteiger charge is 2.18. The Balaban J connectivity index is 1.76. The molecule has 1 aromatic carbocycles. The molecule has 24 heavy (non-hydrogen) atoms. The van der Waals surface area contributed by atoms with Gasteiger partial charge in [-0.05, 0) is 44.1 Å². The summed E-state index contributed by atoms with van der Waals surface area (Å²) in [4.78, 5) is 12.8. The van der Waals surface area contributed by atoms with Gasteiger partial charge in [-0.2, -0.15) is 0 Å². The molecule has 3 rings (SSSR count). The molecule has 1 atom stereocenters. The molecule has 1 aliphatic rings. The topological polar surface area (TPSA) is 60.2 Å². The van der Waals surface area contributed by atoms with E-state index in [9.17, 15) is 4.79 Å². The lowest BCUT2D eigenvalue weighted by molar-refractivity contribution is 0.114. The number of hydrogen-bond donors (Lipinski definition) is 2. The Labute approximate surface area is 146 Å². The first-order valence-electron chi connectivity index (χ1n) is 8.08. The van der Waals surface area contributed by atoms with Crippen LogP contribution in [0.5, 0.6) is 0 Å². The molecule has 0 bridgehead atoms. The van der Waals surface area contributed by atoms with Gasteiger partial charge in [0, 0.05) is 20.2 Å². The summed E-state index contributed by atoms with van der Waals surface area (Å²) >= 11 is 5.32. The Morgan fingerprint density at radius 2 is 2.12 bits per heavy atom. The maximum absolute atomic E-state index is 12.8. The number of benzene rings is 1. The average molecular weight is 346 g/mol. The van der Waals surface area contributed by atoms with Crippen LogP contribution in [0.1, 0.15) is 18.5 Å². The van der Waals surface area contributed by atoms with E-state index in [-0.39, 0.29) is 11.7 Å². The van der Waals surface area contributed by atoms with Crippen LogP contribution < -0.4 is 16.2 Å². The van der Waals surface area contributed by atoms with Crippen molar-refractivity contribution in [3.8, 4) is 5.69 Å². The van der Waals surface area contributed by atoms with Crippen LogP contribution in [0.2, 0.25) is 0 Å². The van der Waals surface area contributed by atoms with Gasteiger partial charge in [-0.1, -0.05) is 18.2 Å². The van der Waals surface area contributed by atoms with Crippen LogP contribution in [-0.4, -0.2) is 33.7 Å². The molecule has 0 unspecified atom stereocenters. The van der Waals surface area contributed by atoms with Crippen LogP contribution in [0.3, 0.4) is 0 Å². The molecule has 2 aromatic rings. The van der Waals surface area contributed by atoms with Crippen molar-refractivity contribution >= 4 is 23.0 Å². The summed E-state index contributed by atoms with van der Waals surface area (Å²) < 4.78 is 9.01. The van der Waals surface area contributed by atoms with Crippen LogP contribution in [0.25, 0.3) is 5.69 Å². The molecule has 0 amide bonds. The zero-order valence-electron chi connectivity index (χ0n) is 13.9. The van der Waals surface area contributed by atoms with Crippen LogP contribution >= 0.6 is 12.2 Å². The number of rotatable bonds is 4. The number of para-hydroxylation sites is 1. The molecular weight excluding hydrogens is 324 g/mol. The first kappa shape index (κ1) is 16.7. The Morgan fingerprint density at radius 3 is 2.79 bits per heavy atom. The SMILES string of the molecule is Cc1c(NC(=S)NC[C@H]2CCCO2)c(=O)n(-c2ccccc2)n1C. The second-order valence-electron chi connectivity index (χ2n) is 5.91. The van der Waals surface area contributed by atoms with E-state index in [1.54, 1.807) is 4.68 Å². The number of thiocarbonyl (C=S) groups is 1. The minimum atomic E-state index is -0.123. The van der Waals surface area contributed by atoms with Crippen molar-refractivity contribution in [2.24, 2.45) is 7.05 Å². The first-order chi connectivity index (χ1) is 11.6. The number of nitrogens with one attached hydrogen (secondary N) is 2. The van der Waals surface area contributed by atoms with Crippen molar-refractivity contribution in [2.45, 2.75) is 25.9 Å². The van der Waals surface area contributed by atoms with Gasteiger partial charge in [0.15, 0.2) is 5.11 Å². The van der Waals surface area contributed by atoms with Gasteiger partial charge in [-0.15, -0.1) is 0 Å². The summed E-state index contributed by atoms with van der Waals surface area (Å²) in [6, 6.07) is 9.54. The summed E-state index contributed by atoms with van der Waals surface area (Å²) in [5.74, 6) is 0. The summed E-state index contributed by atoms with van der Waals surface area (Å²) in [5.41, 5.74) is 2.01. The fourth-order valence-corrected chi connectivity index (χ4v) is 3.07. The molecule has 1 saturated heterocycles. The first-order valence-corrected chi connectivity index (χ1v) is 8.49. The highest BCUT2D eigenvalue weighted by atomic mass is 32.1. The zero-order valence-corrected chi connectivity index (χ0v) is 14.7. The van der Waals surface area contributed by atoms with Crippen molar-refractivity contribution < 1.29 is 4.74 Å². The summed E-state index contributed by atoms with van der Waals surface area (Å²) in [5, 5.41) is 6.62. The molecule has 2 N–H and O–H groups in total. The standard InChI is InChI=1S/C17H22N4O2S/c1-12-15(19-17(24)18-11-14-9-6-10-23-14)16(22)21(20(12)2)13-7-4-3-5-8-13/h3-5,7-8,14H,6,9-11H2,1-2H3,(H2,18,19,24)/t14-/m1/s1. The predicted molar refractivity (Wildman–Crippen MR) is 98.9 cm³/mol. The van der Waals surface area contributed by atoms with Gasteiger partial charge in [0.2, 0.25) is 0 Å². The van der Waals surface area contributed by atoms with E-state index >= 15 is 0 Å². The monoisotopic (exact) mass is 346 g/mol. The Hall–Kier alpha value is -2.12. The van der Waals surface area contributed by atoms with Crippen molar-refractivity contribution in [3.05, 3.63) is 46.4 Å². The molecule has 6 nitrogen and oxygen atoms in total. The number of ether oxygens (including phenoxy) is 1. The lowest BCUT2D eigenvalue weighted by Crippen LogP contribution is -2.36. The lowest BCUT2D eigenvalue weighted by atomic mass is 10.2. The Bertz CT molecular complexity index is 776. The number of hydrogen-bond acceptors (Lipinski definition) is 3. The summed E-state index contributed by atoms with van der Waals surface area (Å²) in [7, 11) is 1.86. The highest BCUT2D eigenvalue weighted by Crippen LogP contribution is 2.14. The molecule has 7 heteroatoms. The summed E-state index contributed by atoms with van der Waals surface area (Å²) in [6.45, 7) is 3.36. The fourth-order valence-electron chi connectivity index (χ4n) is 2.88. The molecule has 0 saturated carbocycles. The number of aromatic nitrogens is 2. The van der Waals surface area contributed by atoms with Crippen molar-refractivity contribution in [1.29, 1.82) is 0 Å². The molecule has 1 fully saturated rings. The summed E-state index contributed by atoms with van der Waals surface area (Å²) in [6.07, 6.45) is 2.33. The van der Waals surface area contributed by atoms with Crippen molar-refractivity contribution in [1.82, 2.24) is 14.7 Å². The Kier molecular flexibility index (Phi) is 5.01. The second kappa shape index (κ2) is 7.19. The molecule has 128 valence electrons. The van der Waals surface area contributed by atoms with E-state index in [1.165, 1.54) is 0 Å². The van der Waals surface area contributed by atoms with E-state index in [4.69, 9.17) is 17.0 Å². The minimum Gasteiger partial charge on any atom is -0.376 e. The van der Waals surface area contributed by atoms with Crippen LogP contribution in [-0.2, 0) is 11.8 Å². The second-order valence-corrected chi connectivity index (χ2v) is 6.31. The van der Waals surface area contributed by atoms with E-state index in [1.807, 2.05) is 49.0 Å². The van der Waals surface area contributed by atoms with Crippen LogP contribution in [0.4, 0.5) is 5.69 Å². The van der Waals surface area contributed by atoms with E-state index < -0.39 is 0 Å². The van der Waals surface area contributed by atoms with E-state index in [2.05, 4.69) is 10.6 Å². The van der Waals surface area contributed by atoms with Gasteiger partial charge in [0.05, 0.1) is 17.5 Å². The minimum absolute atomic E-state index is 0.123. The van der Waals surface area contributed by atoms with Gasteiger partial charge in [-0.3, -0.25) is 9.48 Å². The maximum Gasteiger partial charge on any atom is 0.295 e. The fraction of sp³-hybridized carbons (Fsp3) is 0.412. The zero-order chi connectivity index (χ0) is 17.1. The number of anilines is 1. The Morgan fingerprint density at radius 1 is 1.38 bits per heavy atom. The quantitative estimate of drug-likeness (QED) is 0.829. The van der Waals surface area contributed by atoms with Crippen LogP contribution in [0.15, 0.2) is 35.1 Å². The van der Waals surface area contributed by atoms with Crippen molar-refractivity contribution in [3.63, 3.8) is 0 Å².